The van der Waals surface area contributed by atoms with E-state index in [1.54, 1.807) is 25.6 Å². The Morgan fingerprint density at radius 2 is 1.97 bits per heavy atom. The average Bonchev–Trinajstić information content (AvgIpc) is 3.53. The van der Waals surface area contributed by atoms with Gasteiger partial charge in [-0.2, -0.15) is 4.57 Å². The van der Waals surface area contributed by atoms with Crippen molar-refractivity contribution in [3.63, 3.8) is 0 Å². The molecule has 2 N–H and O–H groups in total. The summed E-state index contributed by atoms with van der Waals surface area (Å²) in [5.74, 6) is 3.37. The molecule has 0 saturated carbocycles. The second kappa shape index (κ2) is 10.6. The van der Waals surface area contributed by atoms with Crippen LogP contribution in [0.2, 0.25) is 0 Å². The summed E-state index contributed by atoms with van der Waals surface area (Å²) in [6.45, 7) is 2.67. The molecule has 0 fully saturated rings. The number of thiazole rings is 1. The number of rotatable bonds is 8. The van der Waals surface area contributed by atoms with E-state index < -0.39 is 0 Å². The number of amidine groups is 1. The number of ether oxygens (including phenoxy) is 2. The zero-order chi connectivity index (χ0) is 25.1. The maximum absolute atomic E-state index is 5.63. The highest BCUT2D eigenvalue weighted by molar-refractivity contribution is 7.18. The molecule has 0 amide bonds. The summed E-state index contributed by atoms with van der Waals surface area (Å²) in [5, 5.41) is 7.78. The fourth-order valence-electron chi connectivity index (χ4n) is 4.59. The highest BCUT2D eigenvalue weighted by Crippen LogP contribution is 2.42. The fraction of sp³-hybridized carbons (Fsp3) is 0.370. The number of aromatic nitrogens is 1. The van der Waals surface area contributed by atoms with E-state index in [4.69, 9.17) is 14.5 Å². The van der Waals surface area contributed by atoms with Gasteiger partial charge in [0.2, 0.25) is 5.52 Å². The number of aryl methyl sites for hydroxylation is 1. The van der Waals surface area contributed by atoms with E-state index in [1.807, 2.05) is 12.1 Å². The molecule has 3 aromatic rings. The lowest BCUT2D eigenvalue weighted by Gasteiger charge is -2.30. The van der Waals surface area contributed by atoms with Crippen molar-refractivity contribution in [3.8, 4) is 11.5 Å². The summed E-state index contributed by atoms with van der Waals surface area (Å²) in [6, 6.07) is 12.6. The zero-order valence-corrected chi connectivity index (χ0v) is 22.1. The van der Waals surface area contributed by atoms with E-state index in [0.29, 0.717) is 11.5 Å². The number of aliphatic imine (C=N–C) groups is 2. The van der Waals surface area contributed by atoms with Gasteiger partial charge < -0.3 is 25.0 Å². The van der Waals surface area contributed by atoms with E-state index in [-0.39, 0.29) is 0 Å². The van der Waals surface area contributed by atoms with E-state index in [0.717, 1.165) is 72.6 Å². The van der Waals surface area contributed by atoms with Gasteiger partial charge in [-0.1, -0.05) is 23.5 Å². The molecule has 0 unspecified atom stereocenters. The van der Waals surface area contributed by atoms with Gasteiger partial charge in [0.25, 0.3) is 5.01 Å². The molecule has 0 radical (unpaired) electrons. The van der Waals surface area contributed by atoms with Crippen LogP contribution in [0.3, 0.4) is 0 Å². The minimum absolute atomic E-state index is 0.699. The number of hydrogen-bond acceptors (Lipinski definition) is 8. The molecule has 2 aliphatic rings. The van der Waals surface area contributed by atoms with Crippen LogP contribution in [0.1, 0.15) is 29.8 Å². The quantitative estimate of drug-likeness (QED) is 0.360. The molecule has 8 nitrogen and oxygen atoms in total. The Hall–Kier alpha value is -3.59. The summed E-state index contributed by atoms with van der Waals surface area (Å²) in [7, 11) is 7.53. The Kier molecular flexibility index (Phi) is 7.09. The van der Waals surface area contributed by atoms with Crippen molar-refractivity contribution < 1.29 is 14.0 Å². The molecule has 1 aromatic heterocycles. The number of guanidine groups is 1. The van der Waals surface area contributed by atoms with Gasteiger partial charge in [-0.25, -0.2) is 4.99 Å². The number of anilines is 1. The Morgan fingerprint density at radius 1 is 1.17 bits per heavy atom. The Labute approximate surface area is 216 Å². The summed E-state index contributed by atoms with van der Waals surface area (Å²) >= 11 is 1.77. The van der Waals surface area contributed by atoms with Gasteiger partial charge in [0.15, 0.2) is 17.5 Å². The van der Waals surface area contributed by atoms with Crippen molar-refractivity contribution >= 4 is 50.8 Å². The molecule has 2 aliphatic heterocycles. The first-order valence-electron chi connectivity index (χ1n) is 12.3. The summed E-state index contributed by atoms with van der Waals surface area (Å²) < 4.78 is 14.7. The number of fused-ring (bicyclic) bond motifs is 2. The van der Waals surface area contributed by atoms with Gasteiger partial charge in [0.05, 0.1) is 32.1 Å². The van der Waals surface area contributed by atoms with E-state index in [9.17, 15) is 0 Å². The smallest absolute Gasteiger partial charge is 0.264 e. The second-order valence-corrected chi connectivity index (χ2v) is 9.91. The van der Waals surface area contributed by atoms with Gasteiger partial charge >= 0.3 is 0 Å². The number of benzene rings is 2. The minimum Gasteiger partial charge on any atom is -0.493 e. The summed E-state index contributed by atoms with van der Waals surface area (Å²) in [4.78, 5) is 11.7. The molecule has 5 rings (SSSR count). The maximum atomic E-state index is 5.63. The normalized spacial score (nSPS) is 16.0. The highest BCUT2D eigenvalue weighted by atomic mass is 32.1. The van der Waals surface area contributed by atoms with Crippen LogP contribution in [-0.2, 0) is 7.05 Å². The third-order valence-electron chi connectivity index (χ3n) is 6.60. The Balaban J connectivity index is 1.46. The number of nitrogens with zero attached hydrogens (tertiary/aromatic N) is 4. The lowest BCUT2D eigenvalue weighted by molar-refractivity contribution is -0.642. The molecular formula is C27H33N6O2S+. The monoisotopic (exact) mass is 505 g/mol. The number of para-hydroxylation sites is 1. The maximum Gasteiger partial charge on any atom is 0.264 e. The minimum atomic E-state index is 0.699. The van der Waals surface area contributed by atoms with E-state index >= 15 is 0 Å². The van der Waals surface area contributed by atoms with Crippen LogP contribution in [0, 0.1) is 0 Å². The zero-order valence-electron chi connectivity index (χ0n) is 21.3. The lowest BCUT2D eigenvalue weighted by atomic mass is 10.0. The summed E-state index contributed by atoms with van der Waals surface area (Å²) in [6.07, 6.45) is 5.13. The van der Waals surface area contributed by atoms with Crippen molar-refractivity contribution in [1.29, 1.82) is 0 Å². The van der Waals surface area contributed by atoms with Crippen molar-refractivity contribution in [3.05, 3.63) is 47.0 Å². The van der Waals surface area contributed by atoms with Crippen molar-refractivity contribution in [2.45, 2.75) is 19.3 Å². The molecular weight excluding hydrogens is 472 g/mol. The van der Waals surface area contributed by atoms with Gasteiger partial charge in [-0.15, -0.1) is 0 Å². The van der Waals surface area contributed by atoms with E-state index in [1.165, 1.54) is 10.2 Å². The first-order valence-corrected chi connectivity index (χ1v) is 13.1. The van der Waals surface area contributed by atoms with Gasteiger partial charge in [0.1, 0.15) is 17.6 Å². The molecule has 0 atom stereocenters. The summed E-state index contributed by atoms with van der Waals surface area (Å²) in [5.41, 5.74) is 4.25. The molecule has 0 spiro atoms. The number of hydrogen-bond donors (Lipinski definition) is 2. The van der Waals surface area contributed by atoms with Gasteiger partial charge in [-0.05, 0) is 25.0 Å². The predicted molar refractivity (Wildman–Crippen MR) is 148 cm³/mol. The fourth-order valence-corrected chi connectivity index (χ4v) is 5.68. The number of methoxy groups -OCH3 is 2. The third kappa shape index (κ3) is 4.75. The standard InChI is InChI=1S/C27H33N6O2S/c1-32-21-17-23(35-4)22(34-3)15-18(21)19(16-26-33(2)20-9-5-6-10-24(20)36-26)31-25(32)11-7-8-12-28-27-29-13-14-30-27/h5-6,9-10,15-17H,7-8,11-14H2,1-4H3,(H2,28,29,30)/q+1. The molecule has 0 bridgehead atoms. The van der Waals surface area contributed by atoms with Crippen LogP contribution in [0.4, 0.5) is 5.69 Å². The molecule has 2 aromatic carbocycles. The SMILES string of the molecule is COc1cc2c(cc1OC)N(C)C(CCCCNC1=NCCN1)=NC2=Cc1sc2ccccc2[n+]1C. The first-order chi connectivity index (χ1) is 17.6. The molecule has 3 heterocycles. The molecule has 0 aliphatic carbocycles. The predicted octanol–water partition coefficient (Wildman–Crippen LogP) is 3.81. The van der Waals surface area contributed by atoms with E-state index in [2.05, 4.69) is 69.5 Å². The number of nitrogens with one attached hydrogen (secondary N) is 2. The van der Waals surface area contributed by atoms with Crippen molar-refractivity contribution in [2.75, 3.05) is 45.8 Å². The van der Waals surface area contributed by atoms with Gasteiger partial charge in [0, 0.05) is 50.3 Å². The third-order valence-corrected chi connectivity index (χ3v) is 7.77. The number of unbranched alkanes of at least 4 members (excludes halogenated alkanes) is 1. The molecule has 9 heteroatoms. The highest BCUT2D eigenvalue weighted by Gasteiger charge is 2.26. The van der Waals surface area contributed by atoms with Crippen LogP contribution in [0.15, 0.2) is 46.4 Å². The largest absolute Gasteiger partial charge is 0.493 e. The molecule has 0 saturated heterocycles. The van der Waals surface area contributed by atoms with Crippen molar-refractivity contribution in [2.24, 2.45) is 17.0 Å². The average molecular weight is 506 g/mol. The van der Waals surface area contributed by atoms with Crippen LogP contribution >= 0.6 is 11.3 Å². The second-order valence-electron chi connectivity index (χ2n) is 8.85. The van der Waals surface area contributed by atoms with Gasteiger partial charge in [-0.3, -0.25) is 4.99 Å². The van der Waals surface area contributed by atoms with Crippen LogP contribution in [0.5, 0.6) is 11.5 Å². The van der Waals surface area contributed by atoms with Crippen LogP contribution < -0.4 is 29.6 Å². The first kappa shape index (κ1) is 24.1. The Morgan fingerprint density at radius 3 is 2.72 bits per heavy atom. The molecule has 188 valence electrons. The lowest BCUT2D eigenvalue weighted by Crippen LogP contribution is -2.34. The van der Waals surface area contributed by atoms with Crippen LogP contribution in [0.25, 0.3) is 22.0 Å². The Bertz CT molecular complexity index is 1360. The van der Waals surface area contributed by atoms with Crippen LogP contribution in [-0.4, -0.2) is 52.7 Å². The molecule has 36 heavy (non-hydrogen) atoms. The topological polar surface area (TPSA) is 74.4 Å². The van der Waals surface area contributed by atoms with Crippen molar-refractivity contribution in [1.82, 2.24) is 10.6 Å².